The number of para-hydroxylation sites is 1. The van der Waals surface area contributed by atoms with E-state index < -0.39 is 0 Å². The van der Waals surface area contributed by atoms with Crippen LogP contribution in [-0.4, -0.2) is 27.7 Å². The van der Waals surface area contributed by atoms with Crippen LogP contribution in [0.15, 0.2) is 24.5 Å². The number of ether oxygens (including phenoxy) is 1. The zero-order valence-corrected chi connectivity index (χ0v) is 11.8. The topological polar surface area (TPSA) is 79.9 Å². The Balaban J connectivity index is 1.89. The minimum atomic E-state index is -0.230. The normalized spacial score (nSPS) is 11.9. The Morgan fingerprint density at radius 2 is 2.10 bits per heavy atom. The molecule has 0 aliphatic heterocycles. The van der Waals surface area contributed by atoms with Crippen molar-refractivity contribution in [1.82, 2.24) is 20.5 Å². The standard InChI is InChI=1S/C14H18N4O2/c1-9-5-4-6-10(2)13(9)20-7-12(19)17-11(3)14-15-8-16-18-14/h4-6,8,11H,7H2,1-3H3,(H,17,19)(H,15,16,18). The zero-order valence-electron chi connectivity index (χ0n) is 11.8. The van der Waals surface area contributed by atoms with E-state index in [1.807, 2.05) is 39.0 Å². The summed E-state index contributed by atoms with van der Waals surface area (Å²) in [5.74, 6) is 1.18. The summed E-state index contributed by atoms with van der Waals surface area (Å²) in [7, 11) is 0. The van der Waals surface area contributed by atoms with E-state index in [9.17, 15) is 4.79 Å². The van der Waals surface area contributed by atoms with E-state index in [2.05, 4.69) is 20.5 Å². The first-order valence-corrected chi connectivity index (χ1v) is 6.41. The van der Waals surface area contributed by atoms with E-state index in [4.69, 9.17) is 4.74 Å². The summed E-state index contributed by atoms with van der Waals surface area (Å²) in [4.78, 5) is 15.8. The van der Waals surface area contributed by atoms with Gasteiger partial charge in [-0.2, -0.15) is 5.10 Å². The molecule has 1 heterocycles. The van der Waals surface area contributed by atoms with Gasteiger partial charge in [0, 0.05) is 0 Å². The molecule has 0 bridgehead atoms. The average molecular weight is 274 g/mol. The molecule has 0 spiro atoms. The predicted molar refractivity (Wildman–Crippen MR) is 74.4 cm³/mol. The molecule has 0 saturated heterocycles. The number of rotatable bonds is 5. The quantitative estimate of drug-likeness (QED) is 0.869. The molecule has 6 heteroatoms. The van der Waals surface area contributed by atoms with Crippen LogP contribution in [0.25, 0.3) is 0 Å². The maximum atomic E-state index is 11.8. The number of benzene rings is 1. The monoisotopic (exact) mass is 274 g/mol. The van der Waals surface area contributed by atoms with Crippen molar-refractivity contribution in [2.45, 2.75) is 26.8 Å². The number of aromatic nitrogens is 3. The van der Waals surface area contributed by atoms with Crippen LogP contribution in [0.2, 0.25) is 0 Å². The fraction of sp³-hybridized carbons (Fsp3) is 0.357. The van der Waals surface area contributed by atoms with Gasteiger partial charge >= 0.3 is 0 Å². The van der Waals surface area contributed by atoms with Crippen LogP contribution < -0.4 is 10.1 Å². The lowest BCUT2D eigenvalue weighted by Crippen LogP contribution is -2.32. The Bertz CT molecular complexity index is 561. The van der Waals surface area contributed by atoms with Gasteiger partial charge in [-0.15, -0.1) is 0 Å². The fourth-order valence-corrected chi connectivity index (χ4v) is 1.94. The molecule has 106 valence electrons. The summed E-state index contributed by atoms with van der Waals surface area (Å²) in [5.41, 5.74) is 2.03. The number of nitrogens with zero attached hydrogens (tertiary/aromatic N) is 2. The molecule has 0 aliphatic rings. The molecule has 2 N–H and O–H groups in total. The highest BCUT2D eigenvalue weighted by molar-refractivity contribution is 5.78. The summed E-state index contributed by atoms with van der Waals surface area (Å²) in [6, 6.07) is 5.64. The molecule has 1 unspecified atom stereocenters. The van der Waals surface area contributed by atoms with E-state index in [0.29, 0.717) is 5.82 Å². The van der Waals surface area contributed by atoms with Gasteiger partial charge in [-0.05, 0) is 31.9 Å². The first-order chi connectivity index (χ1) is 9.58. The molecular weight excluding hydrogens is 256 g/mol. The lowest BCUT2D eigenvalue weighted by molar-refractivity contribution is -0.123. The van der Waals surface area contributed by atoms with E-state index >= 15 is 0 Å². The van der Waals surface area contributed by atoms with Gasteiger partial charge in [0.25, 0.3) is 5.91 Å². The van der Waals surface area contributed by atoms with Gasteiger partial charge in [0.15, 0.2) is 6.61 Å². The van der Waals surface area contributed by atoms with Gasteiger partial charge in [-0.1, -0.05) is 18.2 Å². The second-order valence-corrected chi connectivity index (χ2v) is 4.67. The minimum absolute atomic E-state index is 0.0236. The van der Waals surface area contributed by atoms with Crippen molar-refractivity contribution in [3.8, 4) is 5.75 Å². The van der Waals surface area contributed by atoms with E-state index in [1.54, 1.807) is 0 Å². The van der Waals surface area contributed by atoms with Crippen LogP contribution in [0.3, 0.4) is 0 Å². The van der Waals surface area contributed by atoms with Crippen LogP contribution >= 0.6 is 0 Å². The number of hydrogen-bond donors (Lipinski definition) is 2. The van der Waals surface area contributed by atoms with Gasteiger partial charge < -0.3 is 10.1 Å². The van der Waals surface area contributed by atoms with Gasteiger partial charge in [0.05, 0.1) is 6.04 Å². The third kappa shape index (κ3) is 3.34. The lowest BCUT2D eigenvalue weighted by Gasteiger charge is -2.14. The summed E-state index contributed by atoms with van der Waals surface area (Å²) >= 11 is 0. The number of H-pyrrole nitrogens is 1. The molecule has 1 atom stereocenters. The van der Waals surface area contributed by atoms with E-state index in [-0.39, 0.29) is 18.6 Å². The molecule has 2 aromatic rings. The minimum Gasteiger partial charge on any atom is -0.483 e. The number of aromatic amines is 1. The van der Waals surface area contributed by atoms with Crippen molar-refractivity contribution in [3.05, 3.63) is 41.5 Å². The van der Waals surface area contributed by atoms with Crippen molar-refractivity contribution in [2.24, 2.45) is 0 Å². The second kappa shape index (κ2) is 6.18. The molecule has 1 aromatic carbocycles. The van der Waals surface area contributed by atoms with Gasteiger partial charge in [-0.3, -0.25) is 9.89 Å². The van der Waals surface area contributed by atoms with E-state index in [1.165, 1.54) is 6.33 Å². The Morgan fingerprint density at radius 1 is 1.40 bits per heavy atom. The summed E-state index contributed by atoms with van der Waals surface area (Å²) < 4.78 is 5.59. The smallest absolute Gasteiger partial charge is 0.258 e. The van der Waals surface area contributed by atoms with Crippen molar-refractivity contribution in [2.75, 3.05) is 6.61 Å². The number of amides is 1. The molecule has 1 amide bonds. The summed E-state index contributed by atoms with van der Waals surface area (Å²) in [5, 5.41) is 9.26. The average Bonchev–Trinajstić information content (AvgIpc) is 2.92. The largest absolute Gasteiger partial charge is 0.483 e. The van der Waals surface area contributed by atoms with Crippen LogP contribution in [0, 0.1) is 13.8 Å². The number of nitrogens with one attached hydrogen (secondary N) is 2. The molecule has 0 aliphatic carbocycles. The van der Waals surface area contributed by atoms with E-state index in [0.717, 1.165) is 16.9 Å². The van der Waals surface area contributed by atoms with Gasteiger partial charge in [0.1, 0.15) is 17.9 Å². The second-order valence-electron chi connectivity index (χ2n) is 4.67. The Morgan fingerprint density at radius 3 is 2.70 bits per heavy atom. The molecule has 0 saturated carbocycles. The molecule has 1 aromatic heterocycles. The first kappa shape index (κ1) is 14.0. The molecular formula is C14H18N4O2. The highest BCUT2D eigenvalue weighted by Gasteiger charge is 2.13. The third-order valence-corrected chi connectivity index (χ3v) is 2.98. The number of aryl methyl sites for hydroxylation is 2. The van der Waals surface area contributed by atoms with Gasteiger partial charge in [0.2, 0.25) is 0 Å². The SMILES string of the molecule is Cc1cccc(C)c1OCC(=O)NC(C)c1ncn[nH]1. The molecule has 2 rings (SSSR count). The third-order valence-electron chi connectivity index (χ3n) is 2.98. The molecule has 6 nitrogen and oxygen atoms in total. The Labute approximate surface area is 117 Å². The zero-order chi connectivity index (χ0) is 14.5. The molecule has 0 radical (unpaired) electrons. The number of carbonyl (C=O) groups excluding carboxylic acids is 1. The van der Waals surface area contributed by atoms with Crippen molar-refractivity contribution >= 4 is 5.91 Å². The highest BCUT2D eigenvalue weighted by Crippen LogP contribution is 2.22. The van der Waals surface area contributed by atoms with Crippen LogP contribution in [0.1, 0.15) is 29.9 Å². The fourth-order valence-electron chi connectivity index (χ4n) is 1.94. The van der Waals surface area contributed by atoms with Gasteiger partial charge in [-0.25, -0.2) is 4.98 Å². The van der Waals surface area contributed by atoms with Crippen molar-refractivity contribution < 1.29 is 9.53 Å². The van der Waals surface area contributed by atoms with Crippen molar-refractivity contribution in [3.63, 3.8) is 0 Å². The van der Waals surface area contributed by atoms with Crippen LogP contribution in [0.5, 0.6) is 5.75 Å². The summed E-state index contributed by atoms with van der Waals surface area (Å²) in [6.45, 7) is 5.72. The predicted octanol–water partition coefficient (Wildman–Crippen LogP) is 1.68. The molecule has 0 fully saturated rings. The van der Waals surface area contributed by atoms with Crippen molar-refractivity contribution in [1.29, 1.82) is 0 Å². The van der Waals surface area contributed by atoms with Crippen LogP contribution in [-0.2, 0) is 4.79 Å². The van der Waals surface area contributed by atoms with Crippen LogP contribution in [0.4, 0.5) is 0 Å². The number of carbonyl (C=O) groups is 1. The lowest BCUT2D eigenvalue weighted by atomic mass is 10.1. The highest BCUT2D eigenvalue weighted by atomic mass is 16.5. The summed E-state index contributed by atoms with van der Waals surface area (Å²) in [6.07, 6.45) is 1.41. The maximum Gasteiger partial charge on any atom is 0.258 e. The Kier molecular flexibility index (Phi) is 4.34. The maximum absolute atomic E-state index is 11.8. The number of hydrogen-bond acceptors (Lipinski definition) is 4. The Hall–Kier alpha value is -2.37. The molecule has 20 heavy (non-hydrogen) atoms. The first-order valence-electron chi connectivity index (χ1n) is 6.41.